The second-order valence-electron chi connectivity index (χ2n) is 8.30. The highest BCUT2D eigenvalue weighted by molar-refractivity contribution is 5.68. The molecule has 2 aliphatic heterocycles. The van der Waals surface area contributed by atoms with Gasteiger partial charge in [0.15, 0.2) is 0 Å². The molecule has 0 aliphatic carbocycles. The zero-order valence-electron chi connectivity index (χ0n) is 20.0. The van der Waals surface area contributed by atoms with Crippen molar-refractivity contribution in [1.29, 1.82) is 0 Å². The second-order valence-corrected chi connectivity index (χ2v) is 8.30. The molecule has 0 atom stereocenters. The summed E-state index contributed by atoms with van der Waals surface area (Å²) in [6.45, 7) is 17.7. The van der Waals surface area contributed by atoms with Crippen molar-refractivity contribution < 1.29 is 14.6 Å². The average Bonchev–Trinajstić information content (AvgIpc) is 3.10. The number of aryl methyl sites for hydroxylation is 2. The van der Waals surface area contributed by atoms with Crippen molar-refractivity contribution >= 4 is 6.09 Å². The number of fused-ring (bicyclic) bond motifs is 1. The summed E-state index contributed by atoms with van der Waals surface area (Å²) >= 11 is 0. The molecule has 0 unspecified atom stereocenters. The molecule has 1 fully saturated rings. The van der Waals surface area contributed by atoms with Gasteiger partial charge in [0.05, 0.1) is 11.3 Å². The Labute approximate surface area is 177 Å². The molecular formula is C23H43N3O3. The molecule has 6 nitrogen and oxygen atoms in total. The van der Waals surface area contributed by atoms with Crippen molar-refractivity contribution in [2.24, 2.45) is 0 Å². The van der Waals surface area contributed by atoms with E-state index in [1.807, 2.05) is 48.5 Å². The summed E-state index contributed by atoms with van der Waals surface area (Å²) in [5, 5.41) is 16.1. The van der Waals surface area contributed by atoms with E-state index >= 15 is 0 Å². The number of carbonyl (C=O) groups is 1. The monoisotopic (exact) mass is 409 g/mol. The van der Waals surface area contributed by atoms with E-state index in [0.717, 1.165) is 43.5 Å². The van der Waals surface area contributed by atoms with Gasteiger partial charge in [0.25, 0.3) is 0 Å². The Hall–Kier alpha value is -1.56. The third-order valence-corrected chi connectivity index (χ3v) is 5.21. The van der Waals surface area contributed by atoms with Crippen LogP contribution in [0.2, 0.25) is 0 Å². The number of aliphatic hydroxyl groups is 1. The van der Waals surface area contributed by atoms with Gasteiger partial charge in [0.2, 0.25) is 0 Å². The number of ether oxygens (including phenoxy) is 1. The Balaban J connectivity index is 0.000000989. The Morgan fingerprint density at radius 1 is 1.10 bits per heavy atom. The topological polar surface area (TPSA) is 67.6 Å². The fourth-order valence-corrected chi connectivity index (χ4v) is 3.97. The first-order valence-corrected chi connectivity index (χ1v) is 11.5. The maximum atomic E-state index is 12.3. The molecule has 1 aromatic rings. The van der Waals surface area contributed by atoms with E-state index in [0.29, 0.717) is 25.9 Å². The Morgan fingerprint density at radius 2 is 1.69 bits per heavy atom. The summed E-state index contributed by atoms with van der Waals surface area (Å²) in [7, 11) is 0. The minimum Gasteiger partial charge on any atom is -0.444 e. The zero-order valence-corrected chi connectivity index (χ0v) is 20.0. The maximum absolute atomic E-state index is 12.3. The van der Waals surface area contributed by atoms with Crippen LogP contribution in [-0.4, -0.2) is 44.6 Å². The van der Waals surface area contributed by atoms with Crippen LogP contribution >= 0.6 is 0 Å². The summed E-state index contributed by atoms with van der Waals surface area (Å²) in [5.74, 6) is 0. The summed E-state index contributed by atoms with van der Waals surface area (Å²) in [6, 6.07) is 0. The van der Waals surface area contributed by atoms with Crippen molar-refractivity contribution in [3.63, 3.8) is 0 Å². The van der Waals surface area contributed by atoms with Crippen LogP contribution in [0.1, 0.15) is 98.0 Å². The highest BCUT2D eigenvalue weighted by Crippen LogP contribution is 2.39. The molecule has 0 aromatic carbocycles. The van der Waals surface area contributed by atoms with Gasteiger partial charge in [0, 0.05) is 30.9 Å². The Kier molecular flexibility index (Phi) is 9.66. The lowest BCUT2D eigenvalue weighted by molar-refractivity contribution is -0.0366. The van der Waals surface area contributed by atoms with Crippen LogP contribution in [0.4, 0.5) is 4.79 Å². The minimum atomic E-state index is -0.880. The predicted octanol–water partition coefficient (Wildman–Crippen LogP) is 5.05. The molecule has 1 saturated heterocycles. The van der Waals surface area contributed by atoms with E-state index in [9.17, 15) is 9.90 Å². The molecule has 0 spiro atoms. The van der Waals surface area contributed by atoms with Crippen LogP contribution in [0, 0.1) is 0 Å². The van der Waals surface area contributed by atoms with Gasteiger partial charge in [-0.25, -0.2) is 4.79 Å². The van der Waals surface area contributed by atoms with Gasteiger partial charge in [-0.05, 0) is 59.3 Å². The molecule has 0 bridgehead atoms. The number of hydrogen-bond donors (Lipinski definition) is 1. The van der Waals surface area contributed by atoms with Crippen LogP contribution < -0.4 is 0 Å². The molecule has 2 aliphatic rings. The first-order chi connectivity index (χ1) is 13.7. The number of piperidine rings is 1. The molecule has 29 heavy (non-hydrogen) atoms. The van der Waals surface area contributed by atoms with Crippen LogP contribution in [0.25, 0.3) is 0 Å². The van der Waals surface area contributed by atoms with Crippen molar-refractivity contribution in [2.75, 3.05) is 13.1 Å². The number of nitrogens with zero attached hydrogens (tertiary/aromatic N) is 3. The summed E-state index contributed by atoms with van der Waals surface area (Å²) in [6.07, 6.45) is 4.91. The molecule has 1 amide bonds. The van der Waals surface area contributed by atoms with Crippen molar-refractivity contribution in [3.8, 4) is 0 Å². The van der Waals surface area contributed by atoms with Gasteiger partial charge >= 0.3 is 6.09 Å². The van der Waals surface area contributed by atoms with Gasteiger partial charge in [-0.1, -0.05) is 34.6 Å². The number of likely N-dealkylation sites (tertiary alicyclic amines) is 1. The van der Waals surface area contributed by atoms with E-state index in [-0.39, 0.29) is 6.09 Å². The lowest BCUT2D eigenvalue weighted by Crippen LogP contribution is -2.47. The van der Waals surface area contributed by atoms with E-state index in [1.165, 1.54) is 5.69 Å². The van der Waals surface area contributed by atoms with Crippen LogP contribution in [0.15, 0.2) is 0 Å². The third-order valence-electron chi connectivity index (χ3n) is 5.21. The van der Waals surface area contributed by atoms with Gasteiger partial charge in [0.1, 0.15) is 5.60 Å². The molecule has 3 heterocycles. The van der Waals surface area contributed by atoms with Crippen LogP contribution in [0.5, 0.6) is 0 Å². The van der Waals surface area contributed by atoms with Crippen LogP contribution in [0.3, 0.4) is 0 Å². The number of aromatic nitrogens is 2. The van der Waals surface area contributed by atoms with Gasteiger partial charge in [-0.2, -0.15) is 5.10 Å². The van der Waals surface area contributed by atoms with E-state index in [4.69, 9.17) is 9.84 Å². The maximum Gasteiger partial charge on any atom is 0.410 e. The van der Waals surface area contributed by atoms with Crippen molar-refractivity contribution in [1.82, 2.24) is 14.7 Å². The lowest BCUT2D eigenvalue weighted by Gasteiger charge is -2.39. The zero-order chi connectivity index (χ0) is 22.2. The fourth-order valence-electron chi connectivity index (χ4n) is 3.97. The van der Waals surface area contributed by atoms with Gasteiger partial charge < -0.3 is 14.7 Å². The molecule has 3 rings (SSSR count). The summed E-state index contributed by atoms with van der Waals surface area (Å²) < 4.78 is 7.55. The molecule has 1 N–H and O–H groups in total. The second kappa shape index (κ2) is 11.0. The largest absolute Gasteiger partial charge is 0.444 e. The van der Waals surface area contributed by atoms with Crippen molar-refractivity contribution in [3.05, 3.63) is 17.0 Å². The van der Waals surface area contributed by atoms with Crippen LogP contribution in [-0.2, 0) is 29.7 Å². The Morgan fingerprint density at radius 3 is 2.21 bits per heavy atom. The SMILES string of the molecule is CC.CC.CCc1nn2c(c1C1(O)CCN(C(=O)OC(C)(C)C)CC1)CCCC2. The number of amides is 1. The first-order valence-electron chi connectivity index (χ1n) is 11.5. The average molecular weight is 410 g/mol. The summed E-state index contributed by atoms with van der Waals surface area (Å²) in [5.41, 5.74) is 1.89. The molecule has 0 saturated carbocycles. The highest BCUT2D eigenvalue weighted by atomic mass is 16.6. The standard InChI is InChI=1S/C19H31N3O3.2C2H6/c1-5-14-16(15-8-6-7-11-22(15)20-14)19(24)9-12-21(13-10-19)17(23)25-18(2,3)4;2*1-2/h24H,5-13H2,1-4H3;2*1-2H3. The molecule has 6 heteroatoms. The highest BCUT2D eigenvalue weighted by Gasteiger charge is 2.41. The third kappa shape index (κ3) is 6.21. The van der Waals surface area contributed by atoms with Gasteiger partial charge in [-0.15, -0.1) is 0 Å². The van der Waals surface area contributed by atoms with Gasteiger partial charge in [-0.3, -0.25) is 4.68 Å². The first kappa shape index (κ1) is 25.5. The van der Waals surface area contributed by atoms with E-state index < -0.39 is 11.2 Å². The fraction of sp³-hybridized carbons (Fsp3) is 0.826. The normalized spacial score (nSPS) is 17.9. The van der Waals surface area contributed by atoms with E-state index in [2.05, 4.69) is 11.6 Å². The number of carbonyl (C=O) groups excluding carboxylic acids is 1. The van der Waals surface area contributed by atoms with E-state index in [1.54, 1.807) is 4.90 Å². The molecular weight excluding hydrogens is 366 g/mol. The molecule has 0 radical (unpaired) electrons. The van der Waals surface area contributed by atoms with Crippen molar-refractivity contribution in [2.45, 2.75) is 112 Å². The molecule has 168 valence electrons. The number of rotatable bonds is 2. The summed E-state index contributed by atoms with van der Waals surface area (Å²) in [4.78, 5) is 14.0. The predicted molar refractivity (Wildman–Crippen MR) is 118 cm³/mol. The Bertz CT molecular complexity index is 639. The number of hydrogen-bond acceptors (Lipinski definition) is 4. The smallest absolute Gasteiger partial charge is 0.410 e. The lowest BCUT2D eigenvalue weighted by atomic mass is 9.81. The molecule has 1 aromatic heterocycles. The quantitative estimate of drug-likeness (QED) is 0.742. The minimum absolute atomic E-state index is 0.290.